The summed E-state index contributed by atoms with van der Waals surface area (Å²) in [5.74, 6) is -0.123. The summed E-state index contributed by atoms with van der Waals surface area (Å²) in [6.45, 7) is 2.36. The zero-order valence-corrected chi connectivity index (χ0v) is 10.8. The third-order valence-corrected chi connectivity index (χ3v) is 2.87. The first-order chi connectivity index (χ1) is 9.10. The highest BCUT2D eigenvalue weighted by atomic mass is 19.1. The number of nitrogens with one attached hydrogen (secondary N) is 1. The van der Waals surface area contributed by atoms with Crippen molar-refractivity contribution in [2.45, 2.75) is 13.5 Å². The summed E-state index contributed by atoms with van der Waals surface area (Å²) in [7, 11) is 1.61. The maximum atomic E-state index is 13.4. The highest BCUT2D eigenvalue weighted by Crippen LogP contribution is 2.20. The number of ether oxygens (including phenoxy) is 1. The van der Waals surface area contributed by atoms with Crippen molar-refractivity contribution >= 4 is 5.69 Å². The van der Waals surface area contributed by atoms with Crippen molar-refractivity contribution in [2.24, 2.45) is 0 Å². The van der Waals surface area contributed by atoms with Crippen LogP contribution in [-0.4, -0.2) is 7.11 Å². The van der Waals surface area contributed by atoms with Crippen LogP contribution in [0.1, 0.15) is 11.1 Å². The normalized spacial score (nSPS) is 10.3. The Bertz CT molecular complexity index is 584. The molecule has 2 rings (SSSR count). The van der Waals surface area contributed by atoms with Crippen LogP contribution in [0.4, 0.5) is 14.5 Å². The highest BCUT2D eigenvalue weighted by Gasteiger charge is 2.04. The van der Waals surface area contributed by atoms with E-state index in [0.717, 1.165) is 35.1 Å². The summed E-state index contributed by atoms with van der Waals surface area (Å²) in [5, 5.41) is 2.88. The predicted molar refractivity (Wildman–Crippen MR) is 71.4 cm³/mol. The van der Waals surface area contributed by atoms with Gasteiger partial charge < -0.3 is 10.1 Å². The highest BCUT2D eigenvalue weighted by molar-refractivity contribution is 5.46. The summed E-state index contributed by atoms with van der Waals surface area (Å²) in [5.41, 5.74) is 2.14. The third-order valence-electron chi connectivity index (χ3n) is 2.87. The average Bonchev–Trinajstić information content (AvgIpc) is 2.40. The molecule has 0 heterocycles. The SMILES string of the molecule is COc1ccc(CNc2cc(F)ccc2F)cc1C. The van der Waals surface area contributed by atoms with Crippen molar-refractivity contribution in [3.8, 4) is 5.75 Å². The van der Waals surface area contributed by atoms with E-state index < -0.39 is 11.6 Å². The molecule has 19 heavy (non-hydrogen) atoms. The van der Waals surface area contributed by atoms with Crippen LogP contribution < -0.4 is 10.1 Å². The standard InChI is InChI=1S/C15H15F2NO/c1-10-7-11(3-6-15(10)19-2)9-18-14-8-12(16)4-5-13(14)17/h3-8,18H,9H2,1-2H3. The molecule has 2 aromatic rings. The smallest absolute Gasteiger partial charge is 0.146 e. The number of aryl methyl sites for hydroxylation is 1. The van der Waals surface area contributed by atoms with Gasteiger partial charge in [0.1, 0.15) is 17.4 Å². The van der Waals surface area contributed by atoms with E-state index in [1.54, 1.807) is 7.11 Å². The van der Waals surface area contributed by atoms with Crippen molar-refractivity contribution in [3.05, 3.63) is 59.2 Å². The van der Waals surface area contributed by atoms with Gasteiger partial charge in [0.15, 0.2) is 0 Å². The number of benzene rings is 2. The molecular formula is C15H15F2NO. The van der Waals surface area contributed by atoms with Crippen LogP contribution in [0, 0.1) is 18.6 Å². The van der Waals surface area contributed by atoms with E-state index in [-0.39, 0.29) is 5.69 Å². The Balaban J connectivity index is 2.10. The Morgan fingerprint density at radius 3 is 2.58 bits per heavy atom. The third kappa shape index (κ3) is 3.22. The van der Waals surface area contributed by atoms with Gasteiger partial charge in [0.05, 0.1) is 12.8 Å². The summed E-state index contributed by atoms with van der Waals surface area (Å²) < 4.78 is 31.6. The number of halogens is 2. The number of anilines is 1. The van der Waals surface area contributed by atoms with Gasteiger partial charge >= 0.3 is 0 Å². The molecule has 0 saturated heterocycles. The minimum atomic E-state index is -0.466. The molecule has 0 atom stereocenters. The van der Waals surface area contributed by atoms with Crippen molar-refractivity contribution in [3.63, 3.8) is 0 Å². The lowest BCUT2D eigenvalue weighted by molar-refractivity contribution is 0.411. The van der Waals surface area contributed by atoms with Gasteiger partial charge in [-0.05, 0) is 42.3 Å². The van der Waals surface area contributed by atoms with Gasteiger partial charge in [0.2, 0.25) is 0 Å². The van der Waals surface area contributed by atoms with Crippen LogP contribution in [0.2, 0.25) is 0 Å². The van der Waals surface area contributed by atoms with Crippen LogP contribution >= 0.6 is 0 Å². The first-order valence-electron chi connectivity index (χ1n) is 5.92. The quantitative estimate of drug-likeness (QED) is 0.903. The van der Waals surface area contributed by atoms with Gasteiger partial charge in [-0.3, -0.25) is 0 Å². The Morgan fingerprint density at radius 2 is 1.89 bits per heavy atom. The van der Waals surface area contributed by atoms with Gasteiger partial charge in [-0.2, -0.15) is 0 Å². The summed E-state index contributed by atoms with van der Waals surface area (Å²) >= 11 is 0. The van der Waals surface area contributed by atoms with E-state index in [1.165, 1.54) is 0 Å². The zero-order chi connectivity index (χ0) is 13.8. The zero-order valence-electron chi connectivity index (χ0n) is 10.8. The fraction of sp³-hybridized carbons (Fsp3) is 0.200. The Kier molecular flexibility index (Phi) is 4.00. The Morgan fingerprint density at radius 1 is 1.11 bits per heavy atom. The van der Waals surface area contributed by atoms with E-state index in [1.807, 2.05) is 25.1 Å². The van der Waals surface area contributed by atoms with Gasteiger partial charge in [-0.1, -0.05) is 12.1 Å². The lowest BCUT2D eigenvalue weighted by atomic mass is 10.1. The van der Waals surface area contributed by atoms with Crippen molar-refractivity contribution in [1.29, 1.82) is 0 Å². The molecular weight excluding hydrogens is 248 g/mol. The summed E-state index contributed by atoms with van der Waals surface area (Å²) in [6, 6.07) is 9.04. The van der Waals surface area contributed by atoms with Gasteiger partial charge in [-0.15, -0.1) is 0 Å². The molecule has 2 aromatic carbocycles. The van der Waals surface area contributed by atoms with Gasteiger partial charge in [0, 0.05) is 6.54 Å². The summed E-state index contributed by atoms with van der Waals surface area (Å²) in [6.07, 6.45) is 0. The predicted octanol–water partition coefficient (Wildman–Crippen LogP) is 3.89. The molecule has 2 nitrogen and oxygen atoms in total. The van der Waals surface area contributed by atoms with Crippen molar-refractivity contribution < 1.29 is 13.5 Å². The lowest BCUT2D eigenvalue weighted by Gasteiger charge is -2.10. The molecule has 0 amide bonds. The van der Waals surface area contributed by atoms with Crippen LogP contribution in [0.3, 0.4) is 0 Å². The first-order valence-corrected chi connectivity index (χ1v) is 5.92. The second-order valence-electron chi connectivity index (χ2n) is 4.28. The minimum Gasteiger partial charge on any atom is -0.496 e. The van der Waals surface area contributed by atoms with Crippen LogP contribution in [0.5, 0.6) is 5.75 Å². The van der Waals surface area contributed by atoms with E-state index in [0.29, 0.717) is 6.54 Å². The average molecular weight is 263 g/mol. The maximum absolute atomic E-state index is 13.4. The molecule has 100 valence electrons. The molecule has 0 unspecified atom stereocenters. The molecule has 0 aliphatic carbocycles. The summed E-state index contributed by atoms with van der Waals surface area (Å²) in [4.78, 5) is 0. The molecule has 0 aliphatic rings. The number of hydrogen-bond donors (Lipinski definition) is 1. The number of methoxy groups -OCH3 is 1. The number of hydrogen-bond acceptors (Lipinski definition) is 2. The first kappa shape index (κ1) is 13.3. The van der Waals surface area contributed by atoms with Crippen LogP contribution in [-0.2, 0) is 6.54 Å². The monoisotopic (exact) mass is 263 g/mol. The molecule has 0 bridgehead atoms. The van der Waals surface area contributed by atoms with E-state index in [2.05, 4.69) is 5.32 Å². The van der Waals surface area contributed by atoms with Gasteiger partial charge in [-0.25, -0.2) is 8.78 Å². The molecule has 1 N–H and O–H groups in total. The van der Waals surface area contributed by atoms with Crippen LogP contribution in [0.25, 0.3) is 0 Å². The second-order valence-corrected chi connectivity index (χ2v) is 4.28. The molecule has 0 radical (unpaired) electrons. The molecule has 0 fully saturated rings. The molecule has 0 aliphatic heterocycles. The van der Waals surface area contributed by atoms with Crippen molar-refractivity contribution in [1.82, 2.24) is 0 Å². The Hall–Kier alpha value is -2.10. The molecule has 0 aromatic heterocycles. The molecule has 0 saturated carbocycles. The lowest BCUT2D eigenvalue weighted by Crippen LogP contribution is -2.02. The second kappa shape index (κ2) is 5.69. The minimum absolute atomic E-state index is 0.161. The van der Waals surface area contributed by atoms with E-state index >= 15 is 0 Å². The molecule has 0 spiro atoms. The van der Waals surface area contributed by atoms with E-state index in [9.17, 15) is 8.78 Å². The fourth-order valence-electron chi connectivity index (χ4n) is 1.88. The van der Waals surface area contributed by atoms with Crippen LogP contribution in [0.15, 0.2) is 36.4 Å². The Labute approximate surface area is 111 Å². The van der Waals surface area contributed by atoms with E-state index in [4.69, 9.17) is 4.74 Å². The molecule has 4 heteroatoms. The van der Waals surface area contributed by atoms with Gasteiger partial charge in [0.25, 0.3) is 0 Å². The number of rotatable bonds is 4. The topological polar surface area (TPSA) is 21.3 Å². The maximum Gasteiger partial charge on any atom is 0.146 e. The largest absolute Gasteiger partial charge is 0.496 e. The fourth-order valence-corrected chi connectivity index (χ4v) is 1.88. The van der Waals surface area contributed by atoms with Crippen molar-refractivity contribution in [2.75, 3.05) is 12.4 Å².